The van der Waals surface area contributed by atoms with Crippen LogP contribution >= 0.6 is 12.6 Å². The van der Waals surface area contributed by atoms with E-state index in [2.05, 4.69) is 75.2 Å². The summed E-state index contributed by atoms with van der Waals surface area (Å²) >= 11 is 4.70. The average Bonchev–Trinajstić information content (AvgIpc) is 2.77. The van der Waals surface area contributed by atoms with Gasteiger partial charge in [0, 0.05) is 16.4 Å². The first-order valence-electron chi connectivity index (χ1n) is 10.5. The van der Waals surface area contributed by atoms with E-state index in [1.54, 1.807) is 0 Å². The first-order chi connectivity index (χ1) is 14.5. The van der Waals surface area contributed by atoms with Crippen molar-refractivity contribution < 1.29 is 0 Å². The molecule has 2 aromatic carbocycles. The summed E-state index contributed by atoms with van der Waals surface area (Å²) in [7, 11) is 0. The van der Waals surface area contributed by atoms with Crippen LogP contribution in [0.25, 0.3) is 5.57 Å². The van der Waals surface area contributed by atoms with Crippen molar-refractivity contribution in [3.05, 3.63) is 114 Å². The Morgan fingerprint density at radius 2 is 1.73 bits per heavy atom. The lowest BCUT2D eigenvalue weighted by molar-refractivity contribution is 0.600. The highest BCUT2D eigenvalue weighted by Crippen LogP contribution is 2.32. The van der Waals surface area contributed by atoms with Gasteiger partial charge >= 0.3 is 0 Å². The predicted molar refractivity (Wildman–Crippen MR) is 137 cm³/mol. The largest absolute Gasteiger partial charge is 0.252 e. The number of thiol groups is 1. The van der Waals surface area contributed by atoms with Gasteiger partial charge in [-0.3, -0.25) is 4.99 Å². The Labute approximate surface area is 188 Å². The maximum absolute atomic E-state index is 5.09. The van der Waals surface area contributed by atoms with Gasteiger partial charge < -0.3 is 0 Å². The van der Waals surface area contributed by atoms with Crippen molar-refractivity contribution in [2.75, 3.05) is 0 Å². The third-order valence-corrected chi connectivity index (χ3v) is 5.50. The third kappa shape index (κ3) is 6.47. The maximum atomic E-state index is 5.09. The van der Waals surface area contributed by atoms with Gasteiger partial charge in [-0.15, -0.1) is 19.2 Å². The standard InChI is InChI=1S/C28H33NS/c1-6-9-15-25-18-13-14-19-26(25)27(8-3)29-28(22(5)30)23(7-2)20-21(4)24-16-11-10-12-17-24/h6,8,10-14,16-19,23,30H,1,3-4,7,9,15,20H2,2,5H3/b28-22+,29-27?. The van der Waals surface area contributed by atoms with Gasteiger partial charge in [-0.2, -0.15) is 0 Å². The van der Waals surface area contributed by atoms with E-state index in [-0.39, 0.29) is 5.92 Å². The molecule has 0 fully saturated rings. The Hall–Kier alpha value is -2.58. The van der Waals surface area contributed by atoms with Gasteiger partial charge in [-0.1, -0.05) is 80.8 Å². The summed E-state index contributed by atoms with van der Waals surface area (Å²) in [6, 6.07) is 18.8. The lowest BCUT2D eigenvalue weighted by Gasteiger charge is -2.20. The van der Waals surface area contributed by atoms with Crippen LogP contribution in [0.1, 0.15) is 49.8 Å². The van der Waals surface area contributed by atoms with E-state index in [0.29, 0.717) is 0 Å². The molecule has 0 saturated heterocycles. The Morgan fingerprint density at radius 3 is 2.33 bits per heavy atom. The first kappa shape index (κ1) is 23.7. The van der Waals surface area contributed by atoms with E-state index in [0.717, 1.165) is 53.1 Å². The second-order valence-electron chi connectivity index (χ2n) is 7.44. The molecule has 30 heavy (non-hydrogen) atoms. The maximum Gasteiger partial charge on any atom is 0.0702 e. The number of rotatable bonds is 11. The van der Waals surface area contributed by atoms with Crippen LogP contribution in [-0.2, 0) is 6.42 Å². The zero-order chi connectivity index (χ0) is 21.9. The fourth-order valence-electron chi connectivity index (χ4n) is 3.58. The van der Waals surface area contributed by atoms with E-state index in [9.17, 15) is 0 Å². The molecule has 1 unspecified atom stereocenters. The summed E-state index contributed by atoms with van der Waals surface area (Å²) in [5, 5.41) is 0. The van der Waals surface area contributed by atoms with Crippen molar-refractivity contribution in [1.29, 1.82) is 0 Å². The minimum Gasteiger partial charge on any atom is -0.252 e. The van der Waals surface area contributed by atoms with Crippen molar-refractivity contribution in [2.45, 2.75) is 39.5 Å². The Bertz CT molecular complexity index is 930. The zero-order valence-corrected chi connectivity index (χ0v) is 19.2. The quantitative estimate of drug-likeness (QED) is 0.216. The second-order valence-corrected chi connectivity index (χ2v) is 8.11. The molecule has 0 radical (unpaired) electrons. The van der Waals surface area contributed by atoms with Crippen LogP contribution in [0.15, 0.2) is 102 Å². The minimum atomic E-state index is 0.241. The molecule has 0 aromatic heterocycles. The van der Waals surface area contributed by atoms with Crippen LogP contribution in [0, 0.1) is 5.92 Å². The number of hydrogen-bond donors (Lipinski definition) is 1. The summed E-state index contributed by atoms with van der Waals surface area (Å²) in [4.78, 5) is 6.02. The van der Waals surface area contributed by atoms with Crippen LogP contribution < -0.4 is 0 Å². The lowest BCUT2D eigenvalue weighted by atomic mass is 9.90. The minimum absolute atomic E-state index is 0.241. The Balaban J connectivity index is 2.39. The summed E-state index contributed by atoms with van der Waals surface area (Å²) in [6.45, 7) is 16.4. The van der Waals surface area contributed by atoms with Gasteiger partial charge in [-0.05, 0) is 55.4 Å². The van der Waals surface area contributed by atoms with Crippen LogP contribution in [0.4, 0.5) is 0 Å². The van der Waals surface area contributed by atoms with Gasteiger partial charge in [0.25, 0.3) is 0 Å². The van der Waals surface area contributed by atoms with Crippen LogP contribution in [0.2, 0.25) is 0 Å². The van der Waals surface area contributed by atoms with Gasteiger partial charge in [0.05, 0.1) is 11.4 Å². The molecule has 0 aliphatic rings. The fourth-order valence-corrected chi connectivity index (χ4v) is 3.82. The van der Waals surface area contributed by atoms with Crippen molar-refractivity contribution in [1.82, 2.24) is 0 Å². The molecule has 0 aliphatic carbocycles. The van der Waals surface area contributed by atoms with Crippen molar-refractivity contribution in [3.63, 3.8) is 0 Å². The highest BCUT2D eigenvalue weighted by molar-refractivity contribution is 7.84. The average molecular weight is 416 g/mol. The van der Waals surface area contributed by atoms with E-state index in [4.69, 9.17) is 17.6 Å². The molecule has 2 aromatic rings. The SMILES string of the molecule is C=CCCc1ccccc1C(C=C)=N/C(=C(\C)S)C(CC)CC(=C)c1ccccc1. The fraction of sp³-hybridized carbons (Fsp3) is 0.250. The Morgan fingerprint density at radius 1 is 1.07 bits per heavy atom. The van der Waals surface area contributed by atoms with E-state index in [1.165, 1.54) is 11.1 Å². The number of hydrogen-bond acceptors (Lipinski definition) is 2. The number of benzene rings is 2. The molecule has 0 saturated carbocycles. The summed E-state index contributed by atoms with van der Waals surface area (Å²) in [5.41, 5.74) is 6.58. The number of nitrogens with zero attached hydrogens (tertiary/aromatic N) is 1. The first-order valence-corrected chi connectivity index (χ1v) is 11.0. The monoisotopic (exact) mass is 415 g/mol. The second kappa shape index (κ2) is 12.2. The molecule has 0 aliphatic heterocycles. The predicted octanol–water partition coefficient (Wildman–Crippen LogP) is 8.07. The van der Waals surface area contributed by atoms with Gasteiger partial charge in [0.2, 0.25) is 0 Å². The normalized spacial score (nSPS) is 13.4. The summed E-state index contributed by atoms with van der Waals surface area (Å²) < 4.78 is 0. The van der Waals surface area contributed by atoms with Crippen molar-refractivity contribution in [2.24, 2.45) is 10.9 Å². The summed E-state index contributed by atoms with van der Waals surface area (Å²) in [6.07, 6.45) is 7.48. The molecule has 0 amide bonds. The molecular formula is C28H33NS. The molecule has 1 nitrogen and oxygen atoms in total. The third-order valence-electron chi connectivity index (χ3n) is 5.27. The van der Waals surface area contributed by atoms with Gasteiger partial charge in [0.15, 0.2) is 0 Å². The number of aliphatic imine (C=N–C) groups is 1. The molecule has 2 rings (SSSR count). The topological polar surface area (TPSA) is 12.4 Å². The van der Waals surface area contributed by atoms with Gasteiger partial charge in [0.1, 0.15) is 0 Å². The molecule has 0 bridgehead atoms. The molecule has 0 spiro atoms. The highest BCUT2D eigenvalue weighted by Gasteiger charge is 2.17. The lowest BCUT2D eigenvalue weighted by Crippen LogP contribution is -2.09. The zero-order valence-electron chi connectivity index (χ0n) is 18.3. The molecular weight excluding hydrogens is 382 g/mol. The van der Waals surface area contributed by atoms with Gasteiger partial charge in [-0.25, -0.2) is 0 Å². The molecule has 156 valence electrons. The smallest absolute Gasteiger partial charge is 0.0702 e. The van der Waals surface area contributed by atoms with E-state index >= 15 is 0 Å². The van der Waals surface area contributed by atoms with Crippen LogP contribution in [0.5, 0.6) is 0 Å². The molecule has 2 heteroatoms. The molecule has 1 atom stereocenters. The van der Waals surface area contributed by atoms with E-state index < -0.39 is 0 Å². The van der Waals surface area contributed by atoms with E-state index in [1.807, 2.05) is 25.1 Å². The number of aryl methyl sites for hydroxylation is 1. The molecule has 0 N–H and O–H groups in total. The Kier molecular flexibility index (Phi) is 9.63. The van der Waals surface area contributed by atoms with Crippen molar-refractivity contribution >= 4 is 23.9 Å². The molecule has 0 heterocycles. The van der Waals surface area contributed by atoms with Crippen LogP contribution in [0.3, 0.4) is 0 Å². The summed E-state index contributed by atoms with van der Waals surface area (Å²) in [5.74, 6) is 0.241. The highest BCUT2D eigenvalue weighted by atomic mass is 32.1. The van der Waals surface area contributed by atoms with Crippen molar-refractivity contribution in [3.8, 4) is 0 Å². The number of allylic oxidation sites excluding steroid dienone is 5. The van der Waals surface area contributed by atoms with Crippen LogP contribution in [-0.4, -0.2) is 5.71 Å².